The first-order valence-electron chi connectivity index (χ1n) is 8.28. The third kappa shape index (κ3) is 2.29. The minimum atomic E-state index is -1.18. The molecule has 1 fully saturated rings. The van der Waals surface area contributed by atoms with E-state index in [1.807, 2.05) is 12.2 Å². The van der Waals surface area contributed by atoms with Crippen molar-refractivity contribution in [1.82, 2.24) is 15.5 Å². The highest BCUT2D eigenvalue weighted by Crippen LogP contribution is 2.39. The lowest BCUT2D eigenvalue weighted by Crippen LogP contribution is -2.56. The topological polar surface area (TPSA) is 78.5 Å². The normalized spacial score (nSPS) is 28.9. The highest BCUT2D eigenvalue weighted by molar-refractivity contribution is 6.09. The van der Waals surface area contributed by atoms with Crippen molar-refractivity contribution in [3.63, 3.8) is 0 Å². The Kier molecular flexibility index (Phi) is 3.40. The summed E-state index contributed by atoms with van der Waals surface area (Å²) in [4.78, 5) is 38.2. The van der Waals surface area contributed by atoms with Gasteiger partial charge in [0.2, 0.25) is 5.91 Å². The summed E-state index contributed by atoms with van der Waals surface area (Å²) in [6, 6.07) is -0.505. The maximum atomic E-state index is 12.6. The fraction of sp³-hybridized carbons (Fsp3) is 0.389. The average Bonchev–Trinajstić information content (AvgIpc) is 3.11. The van der Waals surface area contributed by atoms with E-state index in [0.29, 0.717) is 19.3 Å². The minimum Gasteiger partial charge on any atom is -0.318 e. The van der Waals surface area contributed by atoms with E-state index in [0.717, 1.165) is 24.0 Å². The fourth-order valence-corrected chi connectivity index (χ4v) is 3.78. The van der Waals surface area contributed by atoms with Crippen LogP contribution in [0.4, 0.5) is 4.79 Å². The molecule has 2 N–H and O–H groups in total. The van der Waals surface area contributed by atoms with Crippen LogP contribution in [0.5, 0.6) is 0 Å². The third-order valence-corrected chi connectivity index (χ3v) is 5.08. The molecule has 4 aliphatic rings. The predicted molar refractivity (Wildman–Crippen MR) is 87.6 cm³/mol. The van der Waals surface area contributed by atoms with Gasteiger partial charge in [-0.2, -0.15) is 0 Å². The summed E-state index contributed by atoms with van der Waals surface area (Å²) in [5.41, 5.74) is 2.10. The Labute approximate surface area is 140 Å². The number of carbonyl (C=O) groups excluding carboxylic acids is 3. The number of nitrogens with zero attached hydrogens (tertiary/aromatic N) is 1. The second kappa shape index (κ2) is 5.47. The van der Waals surface area contributed by atoms with Gasteiger partial charge in [0, 0.05) is 12.6 Å². The molecule has 124 valence electrons. The summed E-state index contributed by atoms with van der Waals surface area (Å²) in [5.74, 6) is -0.406. The number of rotatable bonds is 3. The molecule has 2 heterocycles. The van der Waals surface area contributed by atoms with Crippen molar-refractivity contribution in [2.75, 3.05) is 6.54 Å². The van der Waals surface area contributed by atoms with Gasteiger partial charge in [0.1, 0.15) is 0 Å². The third-order valence-electron chi connectivity index (χ3n) is 5.08. The van der Waals surface area contributed by atoms with Crippen LogP contribution >= 0.6 is 0 Å². The van der Waals surface area contributed by atoms with Gasteiger partial charge in [0.25, 0.3) is 5.91 Å². The molecule has 4 amide bonds. The molecule has 0 bridgehead atoms. The summed E-state index contributed by atoms with van der Waals surface area (Å²) >= 11 is 0. The summed E-state index contributed by atoms with van der Waals surface area (Å²) < 4.78 is 0. The summed E-state index contributed by atoms with van der Waals surface area (Å²) in [7, 11) is 0. The molecule has 0 aromatic rings. The zero-order chi connectivity index (χ0) is 16.7. The summed E-state index contributed by atoms with van der Waals surface area (Å²) in [5, 5.41) is 5.13. The summed E-state index contributed by atoms with van der Waals surface area (Å²) in [6.45, 7) is 0.135. The minimum absolute atomic E-state index is 0.0259. The maximum absolute atomic E-state index is 12.6. The molecule has 0 aromatic carbocycles. The highest BCUT2D eigenvalue weighted by atomic mass is 16.2. The van der Waals surface area contributed by atoms with Crippen LogP contribution < -0.4 is 10.6 Å². The van der Waals surface area contributed by atoms with Crippen molar-refractivity contribution in [3.05, 3.63) is 47.2 Å². The predicted octanol–water partition coefficient (Wildman–Crippen LogP) is 1.68. The van der Waals surface area contributed by atoms with Crippen LogP contribution in [0.1, 0.15) is 32.1 Å². The second-order valence-corrected chi connectivity index (χ2v) is 6.60. The van der Waals surface area contributed by atoms with Crippen molar-refractivity contribution in [3.8, 4) is 0 Å². The molecular formula is C18H19N3O3. The molecule has 4 rings (SSSR count). The lowest BCUT2D eigenvalue weighted by molar-refractivity contribution is -0.131. The molecule has 0 spiro atoms. The average molecular weight is 325 g/mol. The van der Waals surface area contributed by atoms with E-state index in [1.165, 1.54) is 5.57 Å². The van der Waals surface area contributed by atoms with E-state index in [-0.39, 0.29) is 18.4 Å². The van der Waals surface area contributed by atoms with E-state index in [4.69, 9.17) is 0 Å². The first-order chi connectivity index (χ1) is 11.6. The molecule has 24 heavy (non-hydrogen) atoms. The number of imide groups is 1. The first-order valence-corrected chi connectivity index (χ1v) is 8.28. The van der Waals surface area contributed by atoms with E-state index >= 15 is 0 Å². The molecule has 6 nitrogen and oxygen atoms in total. The largest absolute Gasteiger partial charge is 0.322 e. The smallest absolute Gasteiger partial charge is 0.318 e. The molecule has 1 unspecified atom stereocenters. The van der Waals surface area contributed by atoms with E-state index in [2.05, 4.69) is 22.8 Å². The van der Waals surface area contributed by atoms with Gasteiger partial charge in [-0.25, -0.2) is 4.79 Å². The van der Waals surface area contributed by atoms with Gasteiger partial charge < -0.3 is 10.2 Å². The second-order valence-electron chi connectivity index (χ2n) is 6.60. The van der Waals surface area contributed by atoms with Crippen LogP contribution in [0.3, 0.4) is 0 Å². The monoisotopic (exact) mass is 325 g/mol. The summed E-state index contributed by atoms with van der Waals surface area (Å²) in [6.07, 6.45) is 13.6. The van der Waals surface area contributed by atoms with Gasteiger partial charge in [0.05, 0.1) is 6.54 Å². The van der Waals surface area contributed by atoms with E-state index < -0.39 is 11.6 Å². The molecule has 1 saturated heterocycles. The Morgan fingerprint density at radius 3 is 2.67 bits per heavy atom. The van der Waals surface area contributed by atoms with Crippen molar-refractivity contribution < 1.29 is 14.4 Å². The molecule has 0 saturated carbocycles. The van der Waals surface area contributed by atoms with Crippen molar-refractivity contribution in [1.29, 1.82) is 0 Å². The Balaban J connectivity index is 1.68. The Morgan fingerprint density at radius 1 is 1.12 bits per heavy atom. The number of amides is 4. The van der Waals surface area contributed by atoms with Gasteiger partial charge in [-0.15, -0.1) is 0 Å². The lowest BCUT2D eigenvalue weighted by Gasteiger charge is -2.34. The maximum Gasteiger partial charge on any atom is 0.322 e. The van der Waals surface area contributed by atoms with Crippen LogP contribution in [0.2, 0.25) is 0 Å². The first kappa shape index (κ1) is 14.9. The van der Waals surface area contributed by atoms with Crippen molar-refractivity contribution >= 4 is 17.8 Å². The van der Waals surface area contributed by atoms with Crippen molar-refractivity contribution in [2.45, 2.75) is 37.6 Å². The number of nitrogens with one attached hydrogen (secondary N) is 2. The molecule has 2 aliphatic heterocycles. The van der Waals surface area contributed by atoms with Gasteiger partial charge in [-0.05, 0) is 36.8 Å². The van der Waals surface area contributed by atoms with Crippen LogP contribution in [-0.2, 0) is 9.59 Å². The van der Waals surface area contributed by atoms with Gasteiger partial charge in [0.15, 0.2) is 5.54 Å². The van der Waals surface area contributed by atoms with E-state index in [1.54, 1.807) is 11.1 Å². The van der Waals surface area contributed by atoms with Gasteiger partial charge in [-0.3, -0.25) is 14.9 Å². The fourth-order valence-electron chi connectivity index (χ4n) is 3.78. The molecule has 6 heteroatoms. The van der Waals surface area contributed by atoms with Crippen LogP contribution in [-0.4, -0.2) is 34.8 Å². The molecule has 2 aliphatic carbocycles. The Bertz CT molecular complexity index is 759. The van der Waals surface area contributed by atoms with Crippen LogP contribution in [0.25, 0.3) is 0 Å². The number of carbonyl (C=O) groups is 3. The lowest BCUT2D eigenvalue weighted by atomic mass is 9.86. The Morgan fingerprint density at radius 2 is 1.96 bits per heavy atom. The zero-order valence-corrected chi connectivity index (χ0v) is 13.3. The van der Waals surface area contributed by atoms with Crippen molar-refractivity contribution in [2.24, 2.45) is 0 Å². The Hall–Kier alpha value is -2.63. The number of allylic oxidation sites excluding steroid dienone is 6. The number of hydrogen-bond donors (Lipinski definition) is 2. The molecule has 0 aromatic heterocycles. The standard InChI is InChI=1S/C18H19N3O3/c22-15-7-3-4-8-21(15)11-18(16(23)19-17(24)20-18)14-9-12-5-1-2-6-13(12)10-14/h1,4-5,8-9H,2-3,6-7,10-11H2,(H2,19,20,23,24). The van der Waals surface area contributed by atoms with Crippen LogP contribution in [0.15, 0.2) is 47.2 Å². The number of hydrogen-bond acceptors (Lipinski definition) is 3. The molecular weight excluding hydrogens is 306 g/mol. The SMILES string of the molecule is O=C1NC(=O)C(CN2C=CCCC2=O)(C2=CC3=C(CCC=C3)C2)N1. The van der Waals surface area contributed by atoms with Gasteiger partial charge in [-0.1, -0.05) is 29.9 Å². The molecule has 0 radical (unpaired) electrons. The van der Waals surface area contributed by atoms with E-state index in [9.17, 15) is 14.4 Å². The van der Waals surface area contributed by atoms with Gasteiger partial charge >= 0.3 is 6.03 Å². The number of urea groups is 1. The quantitative estimate of drug-likeness (QED) is 0.775. The highest BCUT2D eigenvalue weighted by Gasteiger charge is 2.51. The zero-order valence-electron chi connectivity index (χ0n) is 13.3. The van der Waals surface area contributed by atoms with Crippen LogP contribution in [0, 0.1) is 0 Å². The molecule has 1 atom stereocenters.